The van der Waals surface area contributed by atoms with Crippen molar-refractivity contribution in [3.05, 3.63) is 0 Å². The molecule has 0 aromatic carbocycles. The van der Waals surface area contributed by atoms with Crippen molar-refractivity contribution in [3.63, 3.8) is 0 Å². The standard InChI is InChI=1S/C24H38O3/c1-21(2)15-7-9-23(21,5)19-13(15)11-17(26-19)25-18-12-14-16-8-10-24(6,20(14)27-18)22(16,3)4/h13-20H,7-12H2,1-6H3/t13-,14-,15+,16+,17-,18+,19+,20-,23-,24+/m1/s1. The maximum absolute atomic E-state index is 6.58. The van der Waals surface area contributed by atoms with Gasteiger partial charge in [-0.3, -0.25) is 0 Å². The summed E-state index contributed by atoms with van der Waals surface area (Å²) in [6.45, 7) is 14.8. The molecule has 6 fully saturated rings. The minimum Gasteiger partial charge on any atom is -0.348 e. The topological polar surface area (TPSA) is 27.7 Å². The normalized spacial score (nSPS) is 61.6. The van der Waals surface area contributed by atoms with Crippen molar-refractivity contribution in [2.24, 2.45) is 45.3 Å². The van der Waals surface area contributed by atoms with Crippen LogP contribution in [0.4, 0.5) is 0 Å². The van der Waals surface area contributed by atoms with E-state index in [2.05, 4.69) is 41.5 Å². The van der Waals surface area contributed by atoms with Crippen LogP contribution in [0.1, 0.15) is 80.1 Å². The van der Waals surface area contributed by atoms with Crippen LogP contribution in [-0.2, 0) is 14.2 Å². The van der Waals surface area contributed by atoms with E-state index in [-0.39, 0.29) is 12.6 Å². The lowest BCUT2D eigenvalue weighted by molar-refractivity contribution is -0.252. The Hall–Kier alpha value is -0.120. The Balaban J connectivity index is 1.15. The molecule has 0 aromatic rings. The van der Waals surface area contributed by atoms with Gasteiger partial charge < -0.3 is 14.2 Å². The third-order valence-electron chi connectivity index (χ3n) is 11.6. The van der Waals surface area contributed by atoms with Gasteiger partial charge in [-0.2, -0.15) is 0 Å². The zero-order chi connectivity index (χ0) is 19.0. The van der Waals surface area contributed by atoms with E-state index in [0.717, 1.165) is 24.7 Å². The first-order valence-corrected chi connectivity index (χ1v) is 11.6. The van der Waals surface area contributed by atoms with E-state index in [0.29, 0.717) is 45.7 Å². The molecule has 0 radical (unpaired) electrons. The van der Waals surface area contributed by atoms with E-state index in [1.807, 2.05) is 0 Å². The van der Waals surface area contributed by atoms with Crippen LogP contribution in [-0.4, -0.2) is 24.8 Å². The summed E-state index contributed by atoms with van der Waals surface area (Å²) < 4.78 is 19.6. The molecule has 0 unspecified atom stereocenters. The highest BCUT2D eigenvalue weighted by molar-refractivity contribution is 5.18. The molecule has 4 saturated carbocycles. The molecule has 4 bridgehead atoms. The van der Waals surface area contributed by atoms with Gasteiger partial charge in [0.15, 0.2) is 12.6 Å². The highest BCUT2D eigenvalue weighted by atomic mass is 16.8. The summed E-state index contributed by atoms with van der Waals surface area (Å²) >= 11 is 0. The lowest BCUT2D eigenvalue weighted by atomic mass is 9.70. The number of hydrogen-bond donors (Lipinski definition) is 0. The molecule has 152 valence electrons. The minimum atomic E-state index is -0.0432. The molecule has 3 nitrogen and oxygen atoms in total. The predicted octanol–water partition coefficient (Wildman–Crippen LogP) is 5.38. The molecule has 0 amide bonds. The predicted molar refractivity (Wildman–Crippen MR) is 104 cm³/mol. The first kappa shape index (κ1) is 17.7. The first-order valence-electron chi connectivity index (χ1n) is 11.6. The molecule has 0 N–H and O–H groups in total. The van der Waals surface area contributed by atoms with Gasteiger partial charge in [-0.05, 0) is 71.0 Å². The van der Waals surface area contributed by atoms with Crippen LogP contribution in [0.2, 0.25) is 0 Å². The van der Waals surface area contributed by atoms with Crippen molar-refractivity contribution >= 4 is 0 Å². The molecular formula is C24H38O3. The fourth-order valence-electron chi connectivity index (χ4n) is 9.31. The third kappa shape index (κ3) is 1.83. The van der Waals surface area contributed by atoms with Crippen molar-refractivity contribution in [3.8, 4) is 0 Å². The monoisotopic (exact) mass is 374 g/mol. The molecule has 6 aliphatic rings. The molecule has 3 heteroatoms. The lowest BCUT2D eigenvalue weighted by Crippen LogP contribution is -2.39. The zero-order valence-electron chi connectivity index (χ0n) is 18.1. The van der Waals surface area contributed by atoms with Crippen molar-refractivity contribution in [2.45, 2.75) is 105 Å². The van der Waals surface area contributed by atoms with E-state index in [4.69, 9.17) is 14.2 Å². The average molecular weight is 375 g/mol. The van der Waals surface area contributed by atoms with Crippen LogP contribution in [0.5, 0.6) is 0 Å². The van der Waals surface area contributed by atoms with Crippen molar-refractivity contribution < 1.29 is 14.2 Å². The summed E-state index contributed by atoms with van der Waals surface area (Å²) in [5.74, 6) is 3.00. The largest absolute Gasteiger partial charge is 0.348 e. The van der Waals surface area contributed by atoms with E-state index >= 15 is 0 Å². The summed E-state index contributed by atoms with van der Waals surface area (Å²) in [6.07, 6.45) is 8.24. The van der Waals surface area contributed by atoms with Crippen LogP contribution >= 0.6 is 0 Å². The third-order valence-corrected chi connectivity index (χ3v) is 11.6. The summed E-state index contributed by atoms with van der Waals surface area (Å²) in [6, 6.07) is 0. The molecule has 2 heterocycles. The van der Waals surface area contributed by atoms with E-state index < -0.39 is 0 Å². The Labute approximate surface area is 164 Å². The summed E-state index contributed by atoms with van der Waals surface area (Å²) in [4.78, 5) is 0. The molecule has 27 heavy (non-hydrogen) atoms. The second-order valence-corrected chi connectivity index (χ2v) is 12.5. The molecule has 2 aliphatic heterocycles. The molecule has 4 aliphatic carbocycles. The highest BCUT2D eigenvalue weighted by Crippen LogP contribution is 2.72. The van der Waals surface area contributed by atoms with Crippen molar-refractivity contribution in [1.82, 2.24) is 0 Å². The summed E-state index contributed by atoms with van der Waals surface area (Å²) in [5, 5.41) is 0. The van der Waals surface area contributed by atoms with E-state index in [9.17, 15) is 0 Å². The Bertz CT molecular complexity index is 615. The van der Waals surface area contributed by atoms with Gasteiger partial charge >= 0.3 is 0 Å². The van der Waals surface area contributed by atoms with Crippen LogP contribution in [0, 0.1) is 45.3 Å². The zero-order valence-corrected chi connectivity index (χ0v) is 18.1. The minimum absolute atomic E-state index is 0.0432. The maximum Gasteiger partial charge on any atom is 0.161 e. The molecule has 0 aromatic heterocycles. The van der Waals surface area contributed by atoms with Gasteiger partial charge in [0, 0.05) is 12.8 Å². The van der Waals surface area contributed by atoms with Gasteiger partial charge in [0.2, 0.25) is 0 Å². The SMILES string of the molecule is CC1(C)[C@H]2CC[C@@]1(C)[C@@H]1O[C@H](O[C@H]3C[C@@H]4[C@@H]5CC[C@](C)([C@H]4O3)C5(C)C)C[C@@H]12. The van der Waals surface area contributed by atoms with Gasteiger partial charge in [-0.1, -0.05) is 41.5 Å². The molecule has 10 atom stereocenters. The Kier molecular flexibility index (Phi) is 3.25. The maximum atomic E-state index is 6.58. The van der Waals surface area contributed by atoms with Crippen LogP contribution < -0.4 is 0 Å². The van der Waals surface area contributed by atoms with Gasteiger partial charge in [0.25, 0.3) is 0 Å². The smallest absolute Gasteiger partial charge is 0.161 e. The lowest BCUT2D eigenvalue weighted by Gasteiger charge is -2.39. The Morgan fingerprint density at radius 1 is 0.667 bits per heavy atom. The fraction of sp³-hybridized carbons (Fsp3) is 1.00. The fourth-order valence-corrected chi connectivity index (χ4v) is 9.31. The average Bonchev–Trinajstić information content (AvgIpc) is 3.33. The second kappa shape index (κ2) is 4.95. The molecular weight excluding hydrogens is 336 g/mol. The first-order chi connectivity index (χ1) is 12.6. The van der Waals surface area contributed by atoms with Gasteiger partial charge in [-0.25, -0.2) is 0 Å². The molecule has 6 rings (SSSR count). The van der Waals surface area contributed by atoms with Gasteiger partial charge in [0.05, 0.1) is 12.2 Å². The number of fused-ring (bicyclic) bond motifs is 10. The number of ether oxygens (including phenoxy) is 3. The molecule has 0 spiro atoms. The number of hydrogen-bond acceptors (Lipinski definition) is 3. The second-order valence-electron chi connectivity index (χ2n) is 12.5. The summed E-state index contributed by atoms with van der Waals surface area (Å²) in [7, 11) is 0. The van der Waals surface area contributed by atoms with Crippen LogP contribution in [0.15, 0.2) is 0 Å². The quantitative estimate of drug-likeness (QED) is 0.650. The summed E-state index contributed by atoms with van der Waals surface area (Å²) in [5.41, 5.74) is 1.47. The van der Waals surface area contributed by atoms with Crippen LogP contribution in [0.3, 0.4) is 0 Å². The van der Waals surface area contributed by atoms with Gasteiger partial charge in [-0.15, -0.1) is 0 Å². The van der Waals surface area contributed by atoms with Crippen molar-refractivity contribution in [1.29, 1.82) is 0 Å². The highest BCUT2D eigenvalue weighted by Gasteiger charge is 2.71. The van der Waals surface area contributed by atoms with Gasteiger partial charge in [0.1, 0.15) is 0 Å². The van der Waals surface area contributed by atoms with E-state index in [1.165, 1.54) is 25.7 Å². The van der Waals surface area contributed by atoms with E-state index in [1.54, 1.807) is 0 Å². The van der Waals surface area contributed by atoms with Crippen molar-refractivity contribution in [2.75, 3.05) is 0 Å². The van der Waals surface area contributed by atoms with Crippen LogP contribution in [0.25, 0.3) is 0 Å². The Morgan fingerprint density at radius 3 is 1.44 bits per heavy atom. The molecule has 2 saturated heterocycles. The number of rotatable bonds is 2. The Morgan fingerprint density at radius 2 is 1.07 bits per heavy atom.